The van der Waals surface area contributed by atoms with Crippen LogP contribution in [0.3, 0.4) is 0 Å². The van der Waals surface area contributed by atoms with Gasteiger partial charge in [0.2, 0.25) is 5.60 Å². The lowest BCUT2D eigenvalue weighted by molar-refractivity contribution is -0.149. The number of rotatable bonds is 4. The van der Waals surface area contributed by atoms with Gasteiger partial charge in [0.15, 0.2) is 17.5 Å². The van der Waals surface area contributed by atoms with Crippen molar-refractivity contribution >= 4 is 17.6 Å². The van der Waals surface area contributed by atoms with E-state index in [0.29, 0.717) is 0 Å². The Labute approximate surface area is 134 Å². The fraction of sp³-hybridized carbons (Fsp3) is 0.286. The third kappa shape index (κ3) is 2.60. The van der Waals surface area contributed by atoms with Crippen molar-refractivity contribution in [3.05, 3.63) is 41.6 Å². The van der Waals surface area contributed by atoms with Gasteiger partial charge < -0.3 is 10.4 Å². The van der Waals surface area contributed by atoms with Crippen LogP contribution in [0.5, 0.6) is 0 Å². The third-order valence-corrected chi connectivity index (χ3v) is 3.82. The second kappa shape index (κ2) is 5.96. The summed E-state index contributed by atoms with van der Waals surface area (Å²) in [6.07, 6.45) is 1.12. The van der Waals surface area contributed by atoms with E-state index in [0.717, 1.165) is 11.0 Å². The van der Waals surface area contributed by atoms with Crippen LogP contribution in [0.2, 0.25) is 0 Å². The first-order chi connectivity index (χ1) is 11.4. The maximum Gasteiger partial charge on any atom is 0.270 e. The molecule has 1 unspecified atom stereocenters. The average Bonchev–Trinajstić information content (AvgIpc) is 3.18. The monoisotopic (exact) mass is 337 g/mol. The summed E-state index contributed by atoms with van der Waals surface area (Å²) in [5, 5.41) is 22.2. The molecule has 1 atom stereocenters. The Morgan fingerprint density at radius 2 is 2.25 bits per heavy atom. The molecule has 0 saturated carbocycles. The second-order valence-corrected chi connectivity index (χ2v) is 5.29. The van der Waals surface area contributed by atoms with E-state index in [1.54, 1.807) is 0 Å². The van der Waals surface area contributed by atoms with Crippen LogP contribution in [0.15, 0.2) is 24.4 Å². The van der Waals surface area contributed by atoms with Crippen LogP contribution in [0, 0.1) is 11.6 Å². The molecular weight excluding hydrogens is 324 g/mol. The minimum absolute atomic E-state index is 0.0730. The van der Waals surface area contributed by atoms with E-state index >= 15 is 0 Å². The lowest BCUT2D eigenvalue weighted by Gasteiger charge is -2.20. The van der Waals surface area contributed by atoms with E-state index in [2.05, 4.69) is 20.7 Å². The number of halogens is 2. The van der Waals surface area contributed by atoms with Crippen molar-refractivity contribution in [2.45, 2.75) is 18.6 Å². The number of carbonyl (C=O) groups excluding carboxylic acids is 2. The molecule has 0 bridgehead atoms. The Morgan fingerprint density at radius 3 is 2.96 bits per heavy atom. The van der Waals surface area contributed by atoms with Crippen molar-refractivity contribution in [1.29, 1.82) is 0 Å². The van der Waals surface area contributed by atoms with E-state index in [9.17, 15) is 23.5 Å². The maximum atomic E-state index is 13.6. The van der Waals surface area contributed by atoms with Gasteiger partial charge in [0.1, 0.15) is 0 Å². The molecule has 0 radical (unpaired) electrons. The fourth-order valence-electron chi connectivity index (χ4n) is 2.47. The topological polar surface area (TPSA) is 111 Å². The SMILES string of the molecule is O=C(NCc1cccc(F)c1F)C1(O)CCN(c2cn[nH]n2)C1=O. The highest BCUT2D eigenvalue weighted by Gasteiger charge is 2.52. The Hall–Kier alpha value is -2.88. The van der Waals surface area contributed by atoms with E-state index in [4.69, 9.17) is 0 Å². The van der Waals surface area contributed by atoms with E-state index in [1.807, 2.05) is 0 Å². The van der Waals surface area contributed by atoms with Crippen LogP contribution in [0.4, 0.5) is 14.6 Å². The number of nitrogens with zero attached hydrogens (tertiary/aromatic N) is 3. The molecule has 1 saturated heterocycles. The largest absolute Gasteiger partial charge is 0.372 e. The van der Waals surface area contributed by atoms with Crippen molar-refractivity contribution in [3.63, 3.8) is 0 Å². The van der Waals surface area contributed by atoms with E-state index in [-0.39, 0.29) is 30.9 Å². The van der Waals surface area contributed by atoms with Gasteiger partial charge in [-0.15, -0.1) is 5.10 Å². The highest BCUT2D eigenvalue weighted by molar-refractivity contribution is 6.16. The fourth-order valence-corrected chi connectivity index (χ4v) is 2.47. The van der Waals surface area contributed by atoms with Gasteiger partial charge in [-0.2, -0.15) is 10.3 Å². The zero-order valence-corrected chi connectivity index (χ0v) is 12.3. The summed E-state index contributed by atoms with van der Waals surface area (Å²) in [7, 11) is 0. The van der Waals surface area contributed by atoms with Crippen molar-refractivity contribution in [2.75, 3.05) is 11.4 Å². The predicted octanol–water partition coefficient (Wildman–Crippen LogP) is -0.133. The Kier molecular flexibility index (Phi) is 3.97. The molecule has 2 aromatic rings. The molecule has 0 aliphatic carbocycles. The molecule has 2 heterocycles. The molecule has 1 aromatic carbocycles. The highest BCUT2D eigenvalue weighted by atomic mass is 19.2. The molecule has 1 fully saturated rings. The second-order valence-electron chi connectivity index (χ2n) is 5.29. The number of aliphatic hydroxyl groups is 1. The summed E-state index contributed by atoms with van der Waals surface area (Å²) in [5.74, 6) is -3.79. The molecule has 1 aromatic heterocycles. The number of hydrogen-bond acceptors (Lipinski definition) is 5. The van der Waals surface area contributed by atoms with Crippen LogP contribution >= 0.6 is 0 Å². The van der Waals surface area contributed by atoms with Gasteiger partial charge in [-0.05, 0) is 6.07 Å². The van der Waals surface area contributed by atoms with Gasteiger partial charge in [-0.25, -0.2) is 8.78 Å². The molecule has 3 N–H and O–H groups in total. The van der Waals surface area contributed by atoms with E-state index in [1.165, 1.54) is 18.3 Å². The summed E-state index contributed by atoms with van der Waals surface area (Å²) in [4.78, 5) is 25.6. The highest BCUT2D eigenvalue weighted by Crippen LogP contribution is 2.27. The number of nitrogens with one attached hydrogen (secondary N) is 2. The Bertz CT molecular complexity index is 783. The number of H-pyrrole nitrogens is 1. The molecule has 126 valence electrons. The molecule has 24 heavy (non-hydrogen) atoms. The average molecular weight is 337 g/mol. The molecular formula is C14H13F2N5O3. The third-order valence-electron chi connectivity index (χ3n) is 3.82. The summed E-state index contributed by atoms with van der Waals surface area (Å²) in [6.45, 7) is -0.286. The normalized spacial score (nSPS) is 20.5. The van der Waals surface area contributed by atoms with Crippen LogP contribution in [0.25, 0.3) is 0 Å². The number of aromatic amines is 1. The van der Waals surface area contributed by atoms with Gasteiger partial charge in [0, 0.05) is 25.1 Å². The Balaban J connectivity index is 1.70. The van der Waals surface area contributed by atoms with Crippen molar-refractivity contribution in [3.8, 4) is 0 Å². The van der Waals surface area contributed by atoms with Gasteiger partial charge in [-0.1, -0.05) is 12.1 Å². The molecule has 0 spiro atoms. The summed E-state index contributed by atoms with van der Waals surface area (Å²) in [5.41, 5.74) is -2.38. The zero-order valence-electron chi connectivity index (χ0n) is 12.3. The lowest BCUT2D eigenvalue weighted by Crippen LogP contribution is -2.52. The van der Waals surface area contributed by atoms with Gasteiger partial charge >= 0.3 is 0 Å². The summed E-state index contributed by atoms with van der Waals surface area (Å²) < 4.78 is 26.7. The summed E-state index contributed by atoms with van der Waals surface area (Å²) in [6, 6.07) is 3.53. The smallest absolute Gasteiger partial charge is 0.270 e. The van der Waals surface area contributed by atoms with Crippen LogP contribution in [-0.2, 0) is 16.1 Å². The molecule has 3 rings (SSSR count). The summed E-state index contributed by atoms with van der Waals surface area (Å²) >= 11 is 0. The molecule has 8 nitrogen and oxygen atoms in total. The predicted molar refractivity (Wildman–Crippen MR) is 76.5 cm³/mol. The quantitative estimate of drug-likeness (QED) is 0.673. The standard InChI is InChI=1S/C14H13F2N5O3/c15-9-3-1-2-8(11(9)16)6-17-12(22)14(24)4-5-21(13(14)23)10-7-18-20-19-10/h1-3,7,24H,4-6H2,(H,17,22)(H,18,19,20). The number of hydrogen-bond donors (Lipinski definition) is 3. The minimum Gasteiger partial charge on any atom is -0.372 e. The molecule has 2 amide bonds. The first-order valence-electron chi connectivity index (χ1n) is 7.05. The van der Waals surface area contributed by atoms with Crippen molar-refractivity contribution in [1.82, 2.24) is 20.7 Å². The maximum absolute atomic E-state index is 13.6. The zero-order chi connectivity index (χ0) is 17.3. The number of amides is 2. The van der Waals surface area contributed by atoms with Gasteiger partial charge in [0.25, 0.3) is 11.8 Å². The number of aromatic nitrogens is 3. The number of anilines is 1. The van der Waals surface area contributed by atoms with Crippen LogP contribution < -0.4 is 10.2 Å². The molecule has 1 aliphatic rings. The lowest BCUT2D eigenvalue weighted by atomic mass is 10.0. The Morgan fingerprint density at radius 1 is 1.46 bits per heavy atom. The molecule has 10 heteroatoms. The van der Waals surface area contributed by atoms with Crippen molar-refractivity contribution in [2.24, 2.45) is 0 Å². The first-order valence-corrected chi connectivity index (χ1v) is 7.05. The number of carbonyl (C=O) groups is 2. The minimum atomic E-state index is -2.29. The number of benzene rings is 1. The van der Waals surface area contributed by atoms with Crippen LogP contribution in [-0.4, -0.2) is 44.5 Å². The van der Waals surface area contributed by atoms with Crippen molar-refractivity contribution < 1.29 is 23.5 Å². The molecule has 1 aliphatic heterocycles. The van der Waals surface area contributed by atoms with Gasteiger partial charge in [-0.3, -0.25) is 14.5 Å². The van der Waals surface area contributed by atoms with Gasteiger partial charge in [0.05, 0.1) is 6.20 Å². The van der Waals surface area contributed by atoms with E-state index < -0.39 is 29.0 Å². The van der Waals surface area contributed by atoms with Crippen LogP contribution in [0.1, 0.15) is 12.0 Å². The first kappa shape index (κ1) is 16.0.